The van der Waals surface area contributed by atoms with Crippen molar-refractivity contribution in [2.45, 2.75) is 20.0 Å². The maximum absolute atomic E-state index is 13.8. The van der Waals surface area contributed by atoms with Crippen LogP contribution in [-0.4, -0.2) is 62.6 Å². The third-order valence-corrected chi connectivity index (χ3v) is 5.81. The van der Waals surface area contributed by atoms with Crippen LogP contribution in [-0.2, 0) is 6.18 Å². The molecule has 7 nitrogen and oxygen atoms in total. The molecule has 0 N–H and O–H groups in total. The van der Waals surface area contributed by atoms with Gasteiger partial charge in [-0.25, -0.2) is 14.1 Å². The molecule has 0 atom stereocenters. The molecule has 0 saturated carbocycles. The topological polar surface area (TPSA) is 71.3 Å². The first-order valence-electron chi connectivity index (χ1n) is 10.5. The minimum atomic E-state index is -4.50. The van der Waals surface area contributed by atoms with Crippen LogP contribution in [0.3, 0.4) is 0 Å². The molecule has 4 rings (SSSR count). The molecule has 3 aromatic rings. The number of benzene rings is 1. The van der Waals surface area contributed by atoms with Crippen LogP contribution in [0.5, 0.6) is 0 Å². The Labute approximate surface area is 192 Å². The highest BCUT2D eigenvalue weighted by Crippen LogP contribution is 2.29. The number of halogens is 4. The van der Waals surface area contributed by atoms with Crippen molar-refractivity contribution in [2.75, 3.05) is 26.2 Å². The van der Waals surface area contributed by atoms with Crippen LogP contribution in [0.2, 0.25) is 0 Å². The van der Waals surface area contributed by atoms with Gasteiger partial charge in [0, 0.05) is 37.9 Å². The summed E-state index contributed by atoms with van der Waals surface area (Å²) in [7, 11) is 0. The van der Waals surface area contributed by atoms with Gasteiger partial charge in [0.25, 0.3) is 11.8 Å². The third-order valence-electron chi connectivity index (χ3n) is 5.81. The number of nitrogens with zero attached hydrogens (tertiary/aromatic N) is 5. The van der Waals surface area contributed by atoms with E-state index in [4.69, 9.17) is 0 Å². The Morgan fingerprint density at radius 2 is 1.56 bits per heavy atom. The Hall–Kier alpha value is -3.76. The standard InChI is InChI=1S/C23H21F4N5O2/c1-14-3-4-16(11-19(14)24)21(33)30-7-9-31(10-8-30)22(34)18-13-29-32(15(18)2)20-6-5-17(12-28-20)23(25,26)27/h3-6,11-13H,7-10H2,1-2H3. The Balaban J connectivity index is 1.43. The molecule has 11 heteroatoms. The predicted octanol–water partition coefficient (Wildman–Crippen LogP) is 3.64. The molecule has 178 valence electrons. The van der Waals surface area contributed by atoms with E-state index < -0.39 is 17.6 Å². The SMILES string of the molecule is Cc1ccc(C(=O)N2CCN(C(=O)c3cnn(-c4ccc(C(F)(F)F)cn4)c3C)CC2)cc1F. The van der Waals surface area contributed by atoms with Gasteiger partial charge in [0.2, 0.25) is 0 Å². The van der Waals surface area contributed by atoms with Gasteiger partial charge in [0.1, 0.15) is 5.82 Å². The van der Waals surface area contributed by atoms with E-state index in [2.05, 4.69) is 10.1 Å². The molecule has 1 fully saturated rings. The first kappa shape index (κ1) is 23.4. The molecule has 2 aromatic heterocycles. The number of carbonyl (C=O) groups excluding carboxylic acids is 2. The molecule has 3 heterocycles. The molecule has 34 heavy (non-hydrogen) atoms. The molecule has 0 radical (unpaired) electrons. The van der Waals surface area contributed by atoms with Gasteiger partial charge in [-0.2, -0.15) is 18.3 Å². The van der Waals surface area contributed by atoms with Gasteiger partial charge in [0.15, 0.2) is 5.82 Å². The molecular formula is C23H21F4N5O2. The summed E-state index contributed by atoms with van der Waals surface area (Å²) >= 11 is 0. The van der Waals surface area contributed by atoms with Gasteiger partial charge < -0.3 is 9.80 Å². The van der Waals surface area contributed by atoms with Crippen LogP contribution in [0.1, 0.15) is 37.5 Å². The highest BCUT2D eigenvalue weighted by molar-refractivity contribution is 5.96. The van der Waals surface area contributed by atoms with Gasteiger partial charge >= 0.3 is 6.18 Å². The Kier molecular flexibility index (Phi) is 6.11. The molecule has 0 unspecified atom stereocenters. The zero-order valence-electron chi connectivity index (χ0n) is 18.4. The van der Waals surface area contributed by atoms with Crippen LogP contribution in [0.15, 0.2) is 42.7 Å². The summed E-state index contributed by atoms with van der Waals surface area (Å²) in [6.07, 6.45) is -2.43. The maximum Gasteiger partial charge on any atom is 0.417 e. The fraction of sp³-hybridized carbons (Fsp3) is 0.304. The van der Waals surface area contributed by atoms with E-state index in [1.165, 1.54) is 23.0 Å². The van der Waals surface area contributed by atoms with Crippen molar-refractivity contribution >= 4 is 11.8 Å². The van der Waals surface area contributed by atoms with E-state index in [0.717, 1.165) is 6.07 Å². The number of carbonyl (C=O) groups is 2. The van der Waals surface area contributed by atoms with Crippen molar-refractivity contribution in [1.82, 2.24) is 24.6 Å². The first-order valence-corrected chi connectivity index (χ1v) is 10.5. The average molecular weight is 475 g/mol. The molecule has 1 saturated heterocycles. The summed E-state index contributed by atoms with van der Waals surface area (Å²) in [6.45, 7) is 4.38. The lowest BCUT2D eigenvalue weighted by Gasteiger charge is -2.34. The van der Waals surface area contributed by atoms with E-state index in [-0.39, 0.29) is 49.4 Å². The van der Waals surface area contributed by atoms with Gasteiger partial charge in [-0.3, -0.25) is 9.59 Å². The monoisotopic (exact) mass is 475 g/mol. The molecule has 1 aliphatic heterocycles. The van der Waals surface area contributed by atoms with E-state index in [0.29, 0.717) is 23.0 Å². The number of alkyl halides is 3. The highest BCUT2D eigenvalue weighted by Gasteiger charge is 2.31. The zero-order chi connectivity index (χ0) is 24.6. The smallest absolute Gasteiger partial charge is 0.335 e. The normalized spacial score (nSPS) is 14.4. The molecule has 0 bridgehead atoms. The quantitative estimate of drug-likeness (QED) is 0.543. The van der Waals surface area contributed by atoms with Crippen LogP contribution in [0.4, 0.5) is 17.6 Å². The molecule has 0 aliphatic carbocycles. The lowest BCUT2D eigenvalue weighted by molar-refractivity contribution is -0.137. The fourth-order valence-electron chi connectivity index (χ4n) is 3.72. The summed E-state index contributed by atoms with van der Waals surface area (Å²) in [4.78, 5) is 32.7. The minimum Gasteiger partial charge on any atom is -0.335 e. The number of rotatable bonds is 3. The number of amides is 2. The van der Waals surface area contributed by atoms with Gasteiger partial charge in [-0.1, -0.05) is 6.07 Å². The maximum atomic E-state index is 13.8. The minimum absolute atomic E-state index is 0.158. The highest BCUT2D eigenvalue weighted by atomic mass is 19.4. The predicted molar refractivity (Wildman–Crippen MR) is 114 cm³/mol. The second-order valence-electron chi connectivity index (χ2n) is 8.01. The van der Waals surface area contributed by atoms with Crippen molar-refractivity contribution in [1.29, 1.82) is 0 Å². The Morgan fingerprint density at radius 3 is 2.12 bits per heavy atom. The van der Waals surface area contributed by atoms with Crippen molar-refractivity contribution in [2.24, 2.45) is 0 Å². The number of aryl methyl sites for hydroxylation is 1. The van der Waals surface area contributed by atoms with E-state index in [1.54, 1.807) is 35.8 Å². The second-order valence-corrected chi connectivity index (χ2v) is 8.01. The van der Waals surface area contributed by atoms with Crippen LogP contribution < -0.4 is 0 Å². The number of hydrogen-bond donors (Lipinski definition) is 0. The van der Waals surface area contributed by atoms with E-state index >= 15 is 0 Å². The van der Waals surface area contributed by atoms with Crippen LogP contribution >= 0.6 is 0 Å². The summed E-state index contributed by atoms with van der Waals surface area (Å²) in [6, 6.07) is 6.43. The van der Waals surface area contributed by atoms with Crippen molar-refractivity contribution in [3.05, 3.63) is 76.5 Å². The molecule has 0 spiro atoms. The molecule has 2 amide bonds. The average Bonchev–Trinajstić information content (AvgIpc) is 3.20. The molecule has 1 aliphatic rings. The summed E-state index contributed by atoms with van der Waals surface area (Å²) in [5.74, 6) is -0.896. The number of pyridine rings is 1. The number of hydrogen-bond acceptors (Lipinski definition) is 4. The second kappa shape index (κ2) is 8.88. The van der Waals surface area contributed by atoms with E-state index in [9.17, 15) is 27.2 Å². The fourth-order valence-corrected chi connectivity index (χ4v) is 3.72. The van der Waals surface area contributed by atoms with Crippen molar-refractivity contribution in [3.63, 3.8) is 0 Å². The number of aromatic nitrogens is 3. The van der Waals surface area contributed by atoms with Crippen LogP contribution in [0.25, 0.3) is 5.82 Å². The Bertz CT molecular complexity index is 1230. The van der Waals surface area contributed by atoms with E-state index in [1.807, 2.05) is 0 Å². The van der Waals surface area contributed by atoms with Crippen molar-refractivity contribution in [3.8, 4) is 5.82 Å². The van der Waals surface area contributed by atoms with Crippen LogP contribution in [0, 0.1) is 19.7 Å². The first-order chi connectivity index (χ1) is 16.1. The Morgan fingerprint density at radius 1 is 0.912 bits per heavy atom. The third kappa shape index (κ3) is 4.50. The molecule has 1 aromatic carbocycles. The van der Waals surface area contributed by atoms with Gasteiger partial charge in [-0.15, -0.1) is 0 Å². The van der Waals surface area contributed by atoms with Gasteiger partial charge in [0.05, 0.1) is 23.0 Å². The molecular weight excluding hydrogens is 454 g/mol. The summed E-state index contributed by atoms with van der Waals surface area (Å²) in [5.41, 5.74) is 0.560. The number of piperazine rings is 1. The zero-order valence-corrected chi connectivity index (χ0v) is 18.4. The lowest BCUT2D eigenvalue weighted by atomic mass is 10.1. The summed E-state index contributed by atoms with van der Waals surface area (Å²) in [5, 5.41) is 4.12. The van der Waals surface area contributed by atoms with Crippen molar-refractivity contribution < 1.29 is 27.2 Å². The summed E-state index contributed by atoms with van der Waals surface area (Å²) < 4.78 is 53.4. The largest absolute Gasteiger partial charge is 0.417 e. The lowest BCUT2D eigenvalue weighted by Crippen LogP contribution is -2.50. The van der Waals surface area contributed by atoms with Gasteiger partial charge in [-0.05, 0) is 43.7 Å².